The van der Waals surface area contributed by atoms with E-state index in [9.17, 15) is 0 Å². The molecule has 7 heavy (non-hydrogen) atoms. The lowest BCUT2D eigenvalue weighted by molar-refractivity contribution is 0.247. The molecule has 3 nitrogen and oxygen atoms in total. The molecule has 1 aliphatic heterocycles. The molecule has 0 bridgehead atoms. The monoisotopic (exact) mass is 99.0 g/mol. The number of oxime groups is 1. The van der Waals surface area contributed by atoms with Gasteiger partial charge in [0.2, 0.25) is 5.90 Å². The van der Waals surface area contributed by atoms with Crippen molar-refractivity contribution in [1.29, 1.82) is 0 Å². The van der Waals surface area contributed by atoms with Crippen molar-refractivity contribution in [1.82, 2.24) is 0 Å². The lowest BCUT2D eigenvalue weighted by atomic mass is 10.4. The highest BCUT2D eigenvalue weighted by molar-refractivity contribution is 5.75. The Morgan fingerprint density at radius 2 is 2.71 bits per heavy atom. The van der Waals surface area contributed by atoms with Crippen molar-refractivity contribution in [3.8, 4) is 0 Å². The molecule has 0 aromatic rings. The Balaban J connectivity index is 2.50. The van der Waals surface area contributed by atoms with Crippen LogP contribution in [0.5, 0.6) is 0 Å². The Labute approximate surface area is 40.9 Å². The molecule has 0 radical (unpaired) electrons. The molecule has 0 fully saturated rings. The molecule has 1 N–H and O–H groups in total. The zero-order chi connectivity index (χ0) is 5.11. The van der Waals surface area contributed by atoms with Crippen LogP contribution in [0.1, 0.15) is 6.42 Å². The summed E-state index contributed by atoms with van der Waals surface area (Å²) >= 11 is 0. The molecular formula is C4H5NO2. The summed E-state index contributed by atoms with van der Waals surface area (Å²) in [5, 5.41) is 11.7. The first-order valence-electron chi connectivity index (χ1n) is 1.96. The number of nitrogens with zero attached hydrogens (tertiary/aromatic N) is 1. The SMILES string of the molecule is OC1=NOC=CC1. The molecule has 0 unspecified atom stereocenters. The van der Waals surface area contributed by atoms with Crippen molar-refractivity contribution in [2.45, 2.75) is 6.42 Å². The van der Waals surface area contributed by atoms with Crippen LogP contribution in [0.4, 0.5) is 0 Å². The largest absolute Gasteiger partial charge is 0.494 e. The number of aliphatic hydroxyl groups is 1. The first-order chi connectivity index (χ1) is 3.39. The molecule has 1 rings (SSSR count). The predicted octanol–water partition coefficient (Wildman–Crippen LogP) is 0.792. The van der Waals surface area contributed by atoms with Crippen LogP contribution in [-0.4, -0.2) is 11.0 Å². The first-order valence-corrected chi connectivity index (χ1v) is 1.96. The zero-order valence-electron chi connectivity index (χ0n) is 3.66. The highest BCUT2D eigenvalue weighted by Gasteiger charge is 1.93. The van der Waals surface area contributed by atoms with Crippen molar-refractivity contribution in [2.75, 3.05) is 0 Å². The molecule has 0 spiro atoms. The van der Waals surface area contributed by atoms with E-state index in [-0.39, 0.29) is 5.90 Å². The Morgan fingerprint density at radius 3 is 3.00 bits per heavy atom. The Hall–Kier alpha value is -0.990. The average Bonchev–Trinajstić information content (AvgIpc) is 1.69. The van der Waals surface area contributed by atoms with Gasteiger partial charge in [0.1, 0.15) is 6.26 Å². The quantitative estimate of drug-likeness (QED) is 0.487. The smallest absolute Gasteiger partial charge is 0.227 e. The van der Waals surface area contributed by atoms with Crippen LogP contribution in [0.15, 0.2) is 17.5 Å². The minimum Gasteiger partial charge on any atom is -0.494 e. The van der Waals surface area contributed by atoms with Crippen LogP contribution >= 0.6 is 0 Å². The van der Waals surface area contributed by atoms with E-state index in [1.165, 1.54) is 6.26 Å². The summed E-state index contributed by atoms with van der Waals surface area (Å²) in [6.45, 7) is 0. The minimum absolute atomic E-state index is 0.0301. The molecular weight excluding hydrogens is 94.0 g/mol. The van der Waals surface area contributed by atoms with Gasteiger partial charge in [0.15, 0.2) is 0 Å². The number of rotatable bonds is 0. The van der Waals surface area contributed by atoms with E-state index in [1.807, 2.05) is 0 Å². The van der Waals surface area contributed by atoms with Gasteiger partial charge in [-0.15, -0.1) is 0 Å². The Kier molecular flexibility index (Phi) is 0.978. The number of hydrogen-bond acceptors (Lipinski definition) is 2. The summed E-state index contributed by atoms with van der Waals surface area (Å²) in [5.41, 5.74) is 0. The summed E-state index contributed by atoms with van der Waals surface area (Å²) in [5.74, 6) is 0.0301. The van der Waals surface area contributed by atoms with Gasteiger partial charge in [-0.25, -0.2) is 0 Å². The van der Waals surface area contributed by atoms with Crippen molar-refractivity contribution in [2.24, 2.45) is 5.16 Å². The number of hydrogen-bond donors (Lipinski definition) is 1. The molecule has 0 saturated carbocycles. The predicted molar refractivity (Wildman–Crippen MR) is 24.9 cm³/mol. The second-order valence-corrected chi connectivity index (χ2v) is 1.19. The fraction of sp³-hybridized carbons (Fsp3) is 0.250. The van der Waals surface area contributed by atoms with Gasteiger partial charge in [0.05, 0.1) is 0 Å². The molecule has 1 heterocycles. The summed E-state index contributed by atoms with van der Waals surface area (Å²) in [6.07, 6.45) is 3.60. The van der Waals surface area contributed by atoms with Gasteiger partial charge in [-0.1, -0.05) is 0 Å². The fourth-order valence-electron chi connectivity index (χ4n) is 0.325. The van der Waals surface area contributed by atoms with Crippen LogP contribution in [-0.2, 0) is 4.84 Å². The third kappa shape index (κ3) is 0.924. The lowest BCUT2D eigenvalue weighted by Crippen LogP contribution is -1.96. The maximum absolute atomic E-state index is 8.48. The van der Waals surface area contributed by atoms with Crippen LogP contribution in [0.2, 0.25) is 0 Å². The van der Waals surface area contributed by atoms with E-state index < -0.39 is 0 Å². The van der Waals surface area contributed by atoms with E-state index in [4.69, 9.17) is 5.11 Å². The van der Waals surface area contributed by atoms with Crippen LogP contribution in [0.3, 0.4) is 0 Å². The molecule has 0 aromatic carbocycles. The highest BCUT2D eigenvalue weighted by atomic mass is 16.6. The van der Waals surface area contributed by atoms with Gasteiger partial charge in [0, 0.05) is 6.42 Å². The normalized spacial score (nSPS) is 18.0. The van der Waals surface area contributed by atoms with E-state index in [0.717, 1.165) is 0 Å². The lowest BCUT2D eigenvalue weighted by Gasteiger charge is -1.96. The van der Waals surface area contributed by atoms with Crippen molar-refractivity contribution < 1.29 is 9.94 Å². The topological polar surface area (TPSA) is 41.8 Å². The van der Waals surface area contributed by atoms with Gasteiger partial charge >= 0.3 is 0 Å². The first kappa shape index (κ1) is 4.18. The standard InChI is InChI=1S/C4H5NO2/c6-4-2-1-3-7-5-4/h1,3H,2H2,(H,5,6). The van der Waals surface area contributed by atoms with Crippen LogP contribution < -0.4 is 0 Å². The molecule has 0 amide bonds. The van der Waals surface area contributed by atoms with Crippen LogP contribution in [0, 0.1) is 0 Å². The van der Waals surface area contributed by atoms with Gasteiger partial charge < -0.3 is 9.94 Å². The maximum Gasteiger partial charge on any atom is 0.227 e. The summed E-state index contributed by atoms with van der Waals surface area (Å²) in [7, 11) is 0. The van der Waals surface area contributed by atoms with E-state index in [0.29, 0.717) is 6.42 Å². The van der Waals surface area contributed by atoms with Crippen molar-refractivity contribution in [3.63, 3.8) is 0 Å². The molecule has 0 atom stereocenters. The van der Waals surface area contributed by atoms with Gasteiger partial charge in [-0.3, -0.25) is 0 Å². The molecule has 0 saturated heterocycles. The highest BCUT2D eigenvalue weighted by Crippen LogP contribution is 1.94. The minimum atomic E-state index is 0.0301. The molecule has 0 aliphatic carbocycles. The fourth-order valence-corrected chi connectivity index (χ4v) is 0.325. The maximum atomic E-state index is 8.48. The molecule has 0 aromatic heterocycles. The van der Waals surface area contributed by atoms with Crippen LogP contribution in [0.25, 0.3) is 0 Å². The van der Waals surface area contributed by atoms with Gasteiger partial charge in [0.25, 0.3) is 0 Å². The summed E-state index contributed by atoms with van der Waals surface area (Å²) < 4.78 is 0. The third-order valence-electron chi connectivity index (χ3n) is 0.616. The Bertz CT molecular complexity index is 117. The molecule has 3 heteroatoms. The van der Waals surface area contributed by atoms with Crippen molar-refractivity contribution >= 4 is 5.90 Å². The molecule has 38 valence electrons. The van der Waals surface area contributed by atoms with Crippen molar-refractivity contribution in [3.05, 3.63) is 12.3 Å². The van der Waals surface area contributed by atoms with E-state index in [2.05, 4.69) is 9.99 Å². The second-order valence-electron chi connectivity index (χ2n) is 1.19. The van der Waals surface area contributed by atoms with E-state index >= 15 is 0 Å². The van der Waals surface area contributed by atoms with Gasteiger partial charge in [-0.05, 0) is 11.2 Å². The van der Waals surface area contributed by atoms with E-state index in [1.54, 1.807) is 6.08 Å². The number of aliphatic hydroxyl groups excluding tert-OH is 1. The second kappa shape index (κ2) is 1.64. The summed E-state index contributed by atoms with van der Waals surface area (Å²) in [6, 6.07) is 0. The molecule has 1 aliphatic rings. The summed E-state index contributed by atoms with van der Waals surface area (Å²) in [4.78, 5) is 4.34. The zero-order valence-corrected chi connectivity index (χ0v) is 3.66. The third-order valence-corrected chi connectivity index (χ3v) is 0.616. The van der Waals surface area contributed by atoms with Gasteiger partial charge in [-0.2, -0.15) is 0 Å². The Morgan fingerprint density at radius 1 is 1.86 bits per heavy atom. The average molecular weight is 99.1 g/mol.